The first-order valence-electron chi connectivity index (χ1n) is 6.99. The number of halogens is 1. The maximum absolute atomic E-state index is 13.2. The summed E-state index contributed by atoms with van der Waals surface area (Å²) in [5.41, 5.74) is 0.215. The minimum Gasteiger partial charge on any atom is -0.458 e. The number of nitrogens with zero attached hydrogens (tertiary/aromatic N) is 1. The molecule has 1 aromatic carbocycles. The van der Waals surface area contributed by atoms with Gasteiger partial charge in [-0.2, -0.15) is 0 Å². The van der Waals surface area contributed by atoms with Gasteiger partial charge in [-0.15, -0.1) is 0 Å². The fraction of sp³-hybridized carbons (Fsp3) is 0.500. The predicted molar refractivity (Wildman–Crippen MR) is 78.1 cm³/mol. The van der Waals surface area contributed by atoms with E-state index in [1.54, 1.807) is 12.1 Å². The summed E-state index contributed by atoms with van der Waals surface area (Å²) in [6.45, 7) is 4.10. The lowest BCUT2D eigenvalue weighted by atomic mass is 9.84. The quantitative estimate of drug-likeness (QED) is 0.906. The van der Waals surface area contributed by atoms with E-state index in [0.29, 0.717) is 16.7 Å². The molecule has 3 nitrogen and oxygen atoms in total. The molecule has 2 aromatic rings. The zero-order valence-electron chi connectivity index (χ0n) is 12.5. The Kier molecular flexibility index (Phi) is 4.16. The fourth-order valence-corrected chi connectivity index (χ4v) is 2.95. The van der Waals surface area contributed by atoms with Crippen LogP contribution in [0.2, 0.25) is 0 Å². The Bertz CT molecular complexity index is 587. The first kappa shape index (κ1) is 15.0. The van der Waals surface area contributed by atoms with E-state index >= 15 is 0 Å². The van der Waals surface area contributed by atoms with Crippen LogP contribution in [0.5, 0.6) is 0 Å². The highest BCUT2D eigenvalue weighted by Crippen LogP contribution is 2.38. The van der Waals surface area contributed by atoms with Gasteiger partial charge in [0.2, 0.25) is 0 Å². The van der Waals surface area contributed by atoms with Gasteiger partial charge in [-0.3, -0.25) is 0 Å². The van der Waals surface area contributed by atoms with Crippen molar-refractivity contribution in [1.29, 1.82) is 0 Å². The van der Waals surface area contributed by atoms with E-state index in [1.165, 1.54) is 12.1 Å². The van der Waals surface area contributed by atoms with Gasteiger partial charge < -0.3 is 14.4 Å². The highest BCUT2D eigenvalue weighted by molar-refractivity contribution is 5.78. The van der Waals surface area contributed by atoms with Gasteiger partial charge in [0, 0.05) is 5.39 Å². The van der Waals surface area contributed by atoms with Crippen LogP contribution in [0, 0.1) is 5.82 Å². The Morgan fingerprint density at radius 3 is 2.45 bits per heavy atom. The zero-order chi connectivity index (χ0) is 14.9. The van der Waals surface area contributed by atoms with Crippen LogP contribution in [0.25, 0.3) is 11.0 Å². The first-order chi connectivity index (χ1) is 9.44. The second kappa shape index (κ2) is 5.54. The van der Waals surface area contributed by atoms with Crippen molar-refractivity contribution in [3.63, 3.8) is 0 Å². The van der Waals surface area contributed by atoms with Crippen molar-refractivity contribution < 1.29 is 13.9 Å². The molecule has 0 aliphatic rings. The Balaban J connectivity index is 2.46. The van der Waals surface area contributed by atoms with Crippen molar-refractivity contribution in [1.82, 2.24) is 4.90 Å². The molecule has 20 heavy (non-hydrogen) atoms. The molecule has 0 amide bonds. The lowest BCUT2D eigenvalue weighted by molar-refractivity contribution is -0.0259. The number of hydrogen-bond donors (Lipinski definition) is 1. The van der Waals surface area contributed by atoms with E-state index < -0.39 is 6.10 Å². The Morgan fingerprint density at radius 2 is 1.90 bits per heavy atom. The lowest BCUT2D eigenvalue weighted by Crippen LogP contribution is -2.48. The molecule has 1 aromatic heterocycles. The van der Waals surface area contributed by atoms with Crippen molar-refractivity contribution >= 4 is 11.0 Å². The van der Waals surface area contributed by atoms with Gasteiger partial charge in [-0.05, 0) is 51.2 Å². The molecule has 0 bridgehead atoms. The number of furan rings is 1. The molecule has 0 aliphatic heterocycles. The van der Waals surface area contributed by atoms with Gasteiger partial charge in [0.15, 0.2) is 0 Å². The molecule has 1 atom stereocenters. The average Bonchev–Trinajstić information content (AvgIpc) is 2.83. The molecule has 0 spiro atoms. The number of hydrogen-bond acceptors (Lipinski definition) is 3. The van der Waals surface area contributed by atoms with E-state index in [1.807, 2.05) is 19.0 Å². The van der Waals surface area contributed by atoms with Crippen LogP contribution in [0.1, 0.15) is 38.6 Å². The summed E-state index contributed by atoms with van der Waals surface area (Å²) < 4.78 is 18.9. The standard InChI is InChI=1S/C16H22FNO2/c1-5-16(6-2,18(3)4)15(19)14-10-11-9-12(17)7-8-13(11)20-14/h7-10,15,19H,5-6H2,1-4H3. The largest absolute Gasteiger partial charge is 0.458 e. The van der Waals surface area contributed by atoms with Gasteiger partial charge in [-0.25, -0.2) is 4.39 Å². The van der Waals surface area contributed by atoms with E-state index in [0.717, 1.165) is 12.8 Å². The van der Waals surface area contributed by atoms with Gasteiger partial charge in [0.1, 0.15) is 23.3 Å². The molecule has 0 fully saturated rings. The SMILES string of the molecule is CCC(CC)(C(O)c1cc2cc(F)ccc2o1)N(C)C. The maximum atomic E-state index is 13.2. The molecule has 0 saturated heterocycles. The van der Waals surface area contributed by atoms with Gasteiger partial charge in [-0.1, -0.05) is 13.8 Å². The second-order valence-corrected chi connectivity index (χ2v) is 5.44. The zero-order valence-corrected chi connectivity index (χ0v) is 12.5. The molecule has 0 radical (unpaired) electrons. The first-order valence-corrected chi connectivity index (χ1v) is 6.99. The van der Waals surface area contributed by atoms with Crippen LogP contribution in [-0.2, 0) is 0 Å². The molecule has 0 saturated carbocycles. The van der Waals surface area contributed by atoms with Crippen molar-refractivity contribution in [2.45, 2.75) is 38.3 Å². The number of fused-ring (bicyclic) bond motifs is 1. The van der Waals surface area contributed by atoms with Crippen LogP contribution in [-0.4, -0.2) is 29.6 Å². The summed E-state index contributed by atoms with van der Waals surface area (Å²) in [6.07, 6.45) is 0.842. The minimum atomic E-state index is -0.747. The summed E-state index contributed by atoms with van der Waals surface area (Å²) in [4.78, 5) is 2.03. The van der Waals surface area contributed by atoms with Crippen molar-refractivity contribution in [2.24, 2.45) is 0 Å². The summed E-state index contributed by atoms with van der Waals surface area (Å²) in [7, 11) is 3.91. The van der Waals surface area contributed by atoms with Crippen molar-refractivity contribution in [3.05, 3.63) is 35.8 Å². The summed E-state index contributed by atoms with van der Waals surface area (Å²) >= 11 is 0. The predicted octanol–water partition coefficient (Wildman–Crippen LogP) is 3.73. The molecular formula is C16H22FNO2. The Hall–Kier alpha value is -1.39. The van der Waals surface area contributed by atoms with Crippen LogP contribution in [0.15, 0.2) is 28.7 Å². The molecule has 110 valence electrons. The maximum Gasteiger partial charge on any atom is 0.135 e. The fourth-order valence-electron chi connectivity index (χ4n) is 2.95. The lowest BCUT2D eigenvalue weighted by Gasteiger charge is -2.41. The number of benzene rings is 1. The van der Waals surface area contributed by atoms with Crippen LogP contribution >= 0.6 is 0 Å². The van der Waals surface area contributed by atoms with Crippen LogP contribution in [0.4, 0.5) is 4.39 Å². The summed E-state index contributed by atoms with van der Waals surface area (Å²) in [5.74, 6) is 0.187. The van der Waals surface area contributed by atoms with Gasteiger partial charge >= 0.3 is 0 Å². The minimum absolute atomic E-state index is 0.302. The second-order valence-electron chi connectivity index (χ2n) is 5.44. The highest BCUT2D eigenvalue weighted by atomic mass is 19.1. The van der Waals surface area contributed by atoms with Crippen LogP contribution in [0.3, 0.4) is 0 Å². The normalized spacial score (nSPS) is 14.2. The molecule has 1 unspecified atom stereocenters. The summed E-state index contributed by atoms with van der Waals surface area (Å²) in [6, 6.07) is 6.11. The number of aliphatic hydroxyl groups excluding tert-OH is 1. The smallest absolute Gasteiger partial charge is 0.135 e. The number of rotatable bonds is 5. The molecule has 1 heterocycles. The number of aliphatic hydroxyl groups is 1. The molecule has 1 N–H and O–H groups in total. The third-order valence-electron chi connectivity index (χ3n) is 4.39. The topological polar surface area (TPSA) is 36.6 Å². The summed E-state index contributed by atoms with van der Waals surface area (Å²) in [5, 5.41) is 11.4. The number of likely N-dealkylation sites (N-methyl/N-ethyl adjacent to an activating group) is 1. The van der Waals surface area contributed by atoms with Crippen molar-refractivity contribution in [2.75, 3.05) is 14.1 Å². The third kappa shape index (κ3) is 2.34. The van der Waals surface area contributed by atoms with E-state index in [2.05, 4.69) is 13.8 Å². The van der Waals surface area contributed by atoms with E-state index in [4.69, 9.17) is 4.42 Å². The third-order valence-corrected chi connectivity index (χ3v) is 4.39. The van der Waals surface area contributed by atoms with Gasteiger partial charge in [0.05, 0.1) is 5.54 Å². The molecule has 0 aliphatic carbocycles. The van der Waals surface area contributed by atoms with E-state index in [9.17, 15) is 9.50 Å². The monoisotopic (exact) mass is 279 g/mol. The molecular weight excluding hydrogens is 257 g/mol. The molecule has 2 rings (SSSR count). The van der Waals surface area contributed by atoms with Crippen LogP contribution < -0.4 is 0 Å². The Labute approximate surface area is 119 Å². The average molecular weight is 279 g/mol. The van der Waals surface area contributed by atoms with E-state index in [-0.39, 0.29) is 11.4 Å². The molecule has 4 heteroatoms. The van der Waals surface area contributed by atoms with Crippen molar-refractivity contribution in [3.8, 4) is 0 Å². The Morgan fingerprint density at radius 1 is 1.25 bits per heavy atom. The van der Waals surface area contributed by atoms with Gasteiger partial charge in [0.25, 0.3) is 0 Å². The highest BCUT2D eigenvalue weighted by Gasteiger charge is 2.39.